The van der Waals surface area contributed by atoms with E-state index in [1.165, 1.54) is 4.31 Å². The minimum Gasteiger partial charge on any atom is -0.368 e. The van der Waals surface area contributed by atoms with Crippen LogP contribution in [0, 0.1) is 13.8 Å². The number of rotatable bonds is 4. The molecule has 22 heavy (non-hydrogen) atoms. The molecule has 1 heterocycles. The lowest BCUT2D eigenvalue weighted by molar-refractivity contribution is -0.123. The maximum atomic E-state index is 12.7. The Kier molecular flexibility index (Phi) is 4.89. The molecule has 1 fully saturated rings. The van der Waals surface area contributed by atoms with Crippen LogP contribution in [0.2, 0.25) is 0 Å². The number of primary amides is 1. The maximum Gasteiger partial charge on any atom is 0.243 e. The van der Waals surface area contributed by atoms with Crippen LogP contribution in [0.25, 0.3) is 0 Å². The second-order valence-electron chi connectivity index (χ2n) is 5.79. The van der Waals surface area contributed by atoms with Crippen LogP contribution in [0.1, 0.15) is 18.1 Å². The quantitative estimate of drug-likeness (QED) is 0.873. The summed E-state index contributed by atoms with van der Waals surface area (Å²) >= 11 is 0. The van der Waals surface area contributed by atoms with Gasteiger partial charge in [0.25, 0.3) is 0 Å². The molecule has 1 aliphatic rings. The SMILES string of the molecule is Cc1ccc(S(=O)(=O)N2CCN([C@@H](C)C(N)=O)CC2)c(C)c1. The number of carbonyl (C=O) groups is 1. The van der Waals surface area contributed by atoms with Crippen molar-refractivity contribution in [1.29, 1.82) is 0 Å². The Morgan fingerprint density at radius 1 is 1.18 bits per heavy atom. The van der Waals surface area contributed by atoms with Gasteiger partial charge in [0.05, 0.1) is 10.9 Å². The van der Waals surface area contributed by atoms with Gasteiger partial charge in [-0.1, -0.05) is 17.7 Å². The van der Waals surface area contributed by atoms with E-state index in [0.717, 1.165) is 11.1 Å². The van der Waals surface area contributed by atoms with Crippen LogP contribution in [0.5, 0.6) is 0 Å². The molecule has 122 valence electrons. The first kappa shape index (κ1) is 16.9. The van der Waals surface area contributed by atoms with E-state index in [9.17, 15) is 13.2 Å². The van der Waals surface area contributed by atoms with E-state index < -0.39 is 10.0 Å². The zero-order valence-electron chi connectivity index (χ0n) is 13.2. The summed E-state index contributed by atoms with van der Waals surface area (Å²) in [6.07, 6.45) is 0. The molecule has 7 heteroatoms. The van der Waals surface area contributed by atoms with E-state index in [4.69, 9.17) is 5.73 Å². The van der Waals surface area contributed by atoms with Crippen LogP contribution in [0.15, 0.2) is 23.1 Å². The number of piperazine rings is 1. The first-order valence-corrected chi connectivity index (χ1v) is 8.78. The molecule has 1 atom stereocenters. The minimum atomic E-state index is -3.49. The Labute approximate surface area is 131 Å². The molecule has 0 spiro atoms. The summed E-state index contributed by atoms with van der Waals surface area (Å²) in [7, 11) is -3.49. The van der Waals surface area contributed by atoms with E-state index in [-0.39, 0.29) is 11.9 Å². The molecule has 1 aromatic rings. The molecule has 0 radical (unpaired) electrons. The van der Waals surface area contributed by atoms with Crippen molar-refractivity contribution >= 4 is 15.9 Å². The van der Waals surface area contributed by atoms with Crippen LogP contribution in [0.4, 0.5) is 0 Å². The van der Waals surface area contributed by atoms with Crippen molar-refractivity contribution in [1.82, 2.24) is 9.21 Å². The lowest BCUT2D eigenvalue weighted by Crippen LogP contribution is -2.54. The largest absolute Gasteiger partial charge is 0.368 e. The number of amides is 1. The van der Waals surface area contributed by atoms with E-state index in [2.05, 4.69) is 0 Å². The molecule has 1 amide bonds. The van der Waals surface area contributed by atoms with Gasteiger partial charge < -0.3 is 5.73 Å². The Bertz CT molecular complexity index is 665. The third-order valence-electron chi connectivity index (χ3n) is 4.18. The summed E-state index contributed by atoms with van der Waals surface area (Å²) in [5, 5.41) is 0. The molecular formula is C15H23N3O3S. The Hall–Kier alpha value is -1.44. The van der Waals surface area contributed by atoms with Gasteiger partial charge >= 0.3 is 0 Å². The van der Waals surface area contributed by atoms with Crippen molar-refractivity contribution in [3.8, 4) is 0 Å². The van der Waals surface area contributed by atoms with Crippen molar-refractivity contribution in [2.24, 2.45) is 5.73 Å². The van der Waals surface area contributed by atoms with Gasteiger partial charge in [0.2, 0.25) is 15.9 Å². The topological polar surface area (TPSA) is 83.7 Å². The van der Waals surface area contributed by atoms with Crippen molar-refractivity contribution in [3.63, 3.8) is 0 Å². The molecule has 6 nitrogen and oxygen atoms in total. The van der Waals surface area contributed by atoms with E-state index in [1.54, 1.807) is 13.0 Å². The maximum absolute atomic E-state index is 12.7. The van der Waals surface area contributed by atoms with E-state index in [1.807, 2.05) is 30.9 Å². The van der Waals surface area contributed by atoms with Crippen LogP contribution in [-0.4, -0.2) is 55.8 Å². The lowest BCUT2D eigenvalue weighted by atomic mass is 10.2. The highest BCUT2D eigenvalue weighted by molar-refractivity contribution is 7.89. The molecule has 0 aromatic heterocycles. The number of benzene rings is 1. The molecule has 2 rings (SSSR count). The molecule has 0 unspecified atom stereocenters. The normalized spacial score (nSPS) is 19.0. The fourth-order valence-corrected chi connectivity index (χ4v) is 4.37. The van der Waals surface area contributed by atoms with E-state index in [0.29, 0.717) is 31.1 Å². The number of hydrogen-bond donors (Lipinski definition) is 1. The molecule has 0 aliphatic carbocycles. The molecule has 2 N–H and O–H groups in total. The van der Waals surface area contributed by atoms with Gasteiger partial charge in [-0.3, -0.25) is 9.69 Å². The second kappa shape index (κ2) is 6.36. The van der Waals surface area contributed by atoms with Crippen molar-refractivity contribution < 1.29 is 13.2 Å². The summed E-state index contributed by atoms with van der Waals surface area (Å²) in [4.78, 5) is 13.5. The number of hydrogen-bond acceptors (Lipinski definition) is 4. The second-order valence-corrected chi connectivity index (χ2v) is 7.69. The number of carbonyl (C=O) groups excluding carboxylic acids is 1. The highest BCUT2D eigenvalue weighted by atomic mass is 32.2. The van der Waals surface area contributed by atoms with Crippen molar-refractivity contribution in [2.45, 2.75) is 31.7 Å². The predicted molar refractivity (Wildman–Crippen MR) is 84.9 cm³/mol. The third-order valence-corrected chi connectivity index (χ3v) is 6.24. The van der Waals surface area contributed by atoms with Gasteiger partial charge in [0.1, 0.15) is 0 Å². The fourth-order valence-electron chi connectivity index (χ4n) is 2.74. The highest BCUT2D eigenvalue weighted by Gasteiger charge is 2.31. The summed E-state index contributed by atoms with van der Waals surface area (Å²) < 4.78 is 27.0. The summed E-state index contributed by atoms with van der Waals surface area (Å²) in [6, 6.07) is 4.98. The smallest absolute Gasteiger partial charge is 0.243 e. The van der Waals surface area contributed by atoms with Crippen LogP contribution in [0.3, 0.4) is 0 Å². The van der Waals surface area contributed by atoms with Crippen LogP contribution < -0.4 is 5.73 Å². The Morgan fingerprint density at radius 2 is 1.77 bits per heavy atom. The van der Waals surface area contributed by atoms with Gasteiger partial charge in [0, 0.05) is 26.2 Å². The highest BCUT2D eigenvalue weighted by Crippen LogP contribution is 2.22. The fraction of sp³-hybridized carbons (Fsp3) is 0.533. The molecular weight excluding hydrogens is 302 g/mol. The van der Waals surface area contributed by atoms with Gasteiger partial charge in [0.15, 0.2) is 0 Å². The molecule has 1 aromatic carbocycles. The van der Waals surface area contributed by atoms with Gasteiger partial charge in [-0.25, -0.2) is 8.42 Å². The van der Waals surface area contributed by atoms with E-state index >= 15 is 0 Å². The van der Waals surface area contributed by atoms with Crippen molar-refractivity contribution in [2.75, 3.05) is 26.2 Å². The Morgan fingerprint density at radius 3 is 2.27 bits per heavy atom. The van der Waals surface area contributed by atoms with Crippen LogP contribution in [-0.2, 0) is 14.8 Å². The van der Waals surface area contributed by atoms with Gasteiger partial charge in [-0.2, -0.15) is 4.31 Å². The standard InChI is InChI=1S/C15H23N3O3S/c1-11-4-5-14(12(2)10-11)22(20,21)18-8-6-17(7-9-18)13(3)15(16)19/h4-5,10,13H,6-9H2,1-3H3,(H2,16,19)/t13-/m0/s1. The monoisotopic (exact) mass is 325 g/mol. The van der Waals surface area contributed by atoms with Crippen molar-refractivity contribution in [3.05, 3.63) is 29.3 Å². The van der Waals surface area contributed by atoms with Gasteiger partial charge in [-0.15, -0.1) is 0 Å². The number of aryl methyl sites for hydroxylation is 2. The zero-order valence-corrected chi connectivity index (χ0v) is 14.1. The number of nitrogens with two attached hydrogens (primary N) is 1. The number of nitrogens with zero attached hydrogens (tertiary/aromatic N) is 2. The summed E-state index contributed by atoms with van der Waals surface area (Å²) in [5.74, 6) is -0.384. The molecule has 1 saturated heterocycles. The third kappa shape index (κ3) is 3.31. The average Bonchev–Trinajstić information content (AvgIpc) is 2.46. The predicted octanol–water partition coefficient (Wildman–Crippen LogP) is 0.484. The minimum absolute atomic E-state index is 0.356. The Balaban J connectivity index is 2.14. The lowest BCUT2D eigenvalue weighted by Gasteiger charge is -2.36. The molecule has 0 saturated carbocycles. The average molecular weight is 325 g/mol. The first-order valence-electron chi connectivity index (χ1n) is 7.34. The van der Waals surface area contributed by atoms with Gasteiger partial charge in [-0.05, 0) is 32.4 Å². The summed E-state index contributed by atoms with van der Waals surface area (Å²) in [5.41, 5.74) is 7.10. The number of sulfonamides is 1. The van der Waals surface area contributed by atoms with Crippen LogP contribution >= 0.6 is 0 Å². The molecule has 1 aliphatic heterocycles. The summed E-state index contributed by atoms with van der Waals surface area (Å²) in [6.45, 7) is 7.25. The molecule has 0 bridgehead atoms. The first-order chi connectivity index (χ1) is 10.2. The zero-order chi connectivity index (χ0) is 16.5.